The summed E-state index contributed by atoms with van der Waals surface area (Å²) in [5.41, 5.74) is 4.55. The van der Waals surface area contributed by atoms with Crippen molar-refractivity contribution in [3.8, 4) is 11.1 Å². The molecule has 40 heavy (non-hydrogen) atoms. The topological polar surface area (TPSA) is 108 Å². The molecule has 1 aliphatic rings. The molecule has 0 saturated heterocycles. The molecule has 0 radical (unpaired) electrons. The molecule has 5 rings (SSSR count). The second-order valence-corrected chi connectivity index (χ2v) is 11.9. The third-order valence-corrected chi connectivity index (χ3v) is 7.53. The van der Waals surface area contributed by atoms with Gasteiger partial charge in [0.1, 0.15) is 0 Å². The fourth-order valence-electron chi connectivity index (χ4n) is 5.61. The minimum atomic E-state index is -0.875. The van der Waals surface area contributed by atoms with Crippen LogP contribution in [0, 0.1) is 0 Å². The number of carboxylic acid groups (broad SMARTS) is 1. The molecule has 1 saturated carbocycles. The highest BCUT2D eigenvalue weighted by Crippen LogP contribution is 2.32. The van der Waals surface area contributed by atoms with Crippen molar-refractivity contribution in [1.82, 2.24) is 24.4 Å². The van der Waals surface area contributed by atoms with Gasteiger partial charge in [-0.2, -0.15) is 9.97 Å². The van der Waals surface area contributed by atoms with E-state index in [0.29, 0.717) is 24.7 Å². The van der Waals surface area contributed by atoms with Crippen molar-refractivity contribution in [2.24, 2.45) is 0 Å². The summed E-state index contributed by atoms with van der Waals surface area (Å²) >= 11 is 0. The zero-order valence-corrected chi connectivity index (χ0v) is 23.9. The van der Waals surface area contributed by atoms with Gasteiger partial charge >= 0.3 is 6.09 Å². The Kier molecular flexibility index (Phi) is 7.65. The van der Waals surface area contributed by atoms with E-state index >= 15 is 0 Å². The highest BCUT2D eigenvalue weighted by Gasteiger charge is 2.38. The summed E-state index contributed by atoms with van der Waals surface area (Å²) in [7, 11) is 0. The van der Waals surface area contributed by atoms with Crippen molar-refractivity contribution in [2.45, 2.75) is 84.1 Å². The molecule has 1 amide bonds. The molecule has 210 valence electrons. The molecule has 9 nitrogen and oxygen atoms in total. The van der Waals surface area contributed by atoms with E-state index in [1.165, 1.54) is 11.1 Å². The predicted molar refractivity (Wildman–Crippen MR) is 160 cm³/mol. The van der Waals surface area contributed by atoms with Crippen molar-refractivity contribution in [3.63, 3.8) is 0 Å². The van der Waals surface area contributed by atoms with Crippen molar-refractivity contribution >= 4 is 29.0 Å². The van der Waals surface area contributed by atoms with E-state index < -0.39 is 11.6 Å². The number of anilines is 2. The lowest BCUT2D eigenvalue weighted by molar-refractivity contribution is 0.0718. The maximum absolute atomic E-state index is 12.0. The highest BCUT2D eigenvalue weighted by molar-refractivity contribution is 5.84. The van der Waals surface area contributed by atoms with E-state index in [1.807, 2.05) is 49.9 Å². The van der Waals surface area contributed by atoms with Crippen LogP contribution in [-0.2, 0) is 6.54 Å². The summed E-state index contributed by atoms with van der Waals surface area (Å²) in [5.74, 6) is 1.20. The lowest BCUT2D eigenvalue weighted by Crippen LogP contribution is -2.50. The summed E-state index contributed by atoms with van der Waals surface area (Å²) in [6, 6.07) is 19.1. The molecular formula is C31H39N7O2. The van der Waals surface area contributed by atoms with Gasteiger partial charge in [-0.1, -0.05) is 54.6 Å². The van der Waals surface area contributed by atoms with Crippen molar-refractivity contribution in [1.29, 1.82) is 0 Å². The molecule has 3 N–H and O–H groups in total. The minimum absolute atomic E-state index is 0.0450. The highest BCUT2D eigenvalue weighted by atomic mass is 16.4. The first-order valence-corrected chi connectivity index (χ1v) is 14.0. The summed E-state index contributed by atoms with van der Waals surface area (Å²) < 4.78 is 2.05. The van der Waals surface area contributed by atoms with Crippen LogP contribution in [0.5, 0.6) is 0 Å². The van der Waals surface area contributed by atoms with Gasteiger partial charge in [0.15, 0.2) is 17.0 Å². The number of hydrogen-bond acceptors (Lipinski definition) is 6. The third kappa shape index (κ3) is 5.88. The number of nitrogens with one attached hydrogen (secondary N) is 2. The quantitative estimate of drug-likeness (QED) is 0.225. The molecule has 2 aromatic heterocycles. The number of fused-ring (bicyclic) bond motifs is 1. The van der Waals surface area contributed by atoms with E-state index in [9.17, 15) is 9.90 Å². The summed E-state index contributed by atoms with van der Waals surface area (Å²) in [4.78, 5) is 27.9. The molecular weight excluding hydrogens is 502 g/mol. The normalized spacial score (nSPS) is 17.4. The van der Waals surface area contributed by atoms with Crippen molar-refractivity contribution in [2.75, 3.05) is 10.6 Å². The van der Waals surface area contributed by atoms with Gasteiger partial charge in [0.05, 0.1) is 6.33 Å². The first kappa shape index (κ1) is 27.4. The van der Waals surface area contributed by atoms with Crippen LogP contribution in [0.25, 0.3) is 22.3 Å². The molecule has 0 unspecified atom stereocenters. The monoisotopic (exact) mass is 541 g/mol. The van der Waals surface area contributed by atoms with Crippen LogP contribution in [0.15, 0.2) is 60.9 Å². The predicted octanol–water partition coefficient (Wildman–Crippen LogP) is 6.80. The molecule has 0 spiro atoms. The Morgan fingerprint density at radius 2 is 1.75 bits per heavy atom. The smallest absolute Gasteiger partial charge is 0.407 e. The summed E-state index contributed by atoms with van der Waals surface area (Å²) in [6.45, 7) is 10.6. The summed E-state index contributed by atoms with van der Waals surface area (Å²) in [5, 5.41) is 16.8. The van der Waals surface area contributed by atoms with Crippen LogP contribution < -0.4 is 10.6 Å². The Morgan fingerprint density at radius 1 is 1.05 bits per heavy atom. The van der Waals surface area contributed by atoms with Crippen LogP contribution in [-0.4, -0.2) is 53.2 Å². The molecule has 0 bridgehead atoms. The SMILES string of the molecule is CC(C)n1cnc2c(NCc3ccc(-c4ccccc4)cc3)nc(N[C@H]3CC[C@@H](N(C(=O)O)C(C)(C)C)C3)nc21. The Labute approximate surface area is 235 Å². The van der Waals surface area contributed by atoms with Gasteiger partial charge in [0, 0.05) is 30.2 Å². The maximum Gasteiger partial charge on any atom is 0.407 e. The third-order valence-electron chi connectivity index (χ3n) is 7.53. The van der Waals surface area contributed by atoms with Crippen LogP contribution in [0.3, 0.4) is 0 Å². The molecule has 2 heterocycles. The van der Waals surface area contributed by atoms with Crippen LogP contribution >= 0.6 is 0 Å². The Hall–Kier alpha value is -4.14. The molecule has 0 aliphatic heterocycles. The first-order chi connectivity index (χ1) is 19.1. The van der Waals surface area contributed by atoms with Crippen molar-refractivity contribution < 1.29 is 9.90 Å². The van der Waals surface area contributed by atoms with Crippen LogP contribution in [0.2, 0.25) is 0 Å². The molecule has 2 atom stereocenters. The molecule has 2 aromatic carbocycles. The second-order valence-electron chi connectivity index (χ2n) is 11.9. The van der Waals surface area contributed by atoms with E-state index in [0.717, 1.165) is 29.6 Å². The number of carbonyl (C=O) groups is 1. The van der Waals surface area contributed by atoms with E-state index in [4.69, 9.17) is 9.97 Å². The second kappa shape index (κ2) is 11.2. The largest absolute Gasteiger partial charge is 0.465 e. The Morgan fingerprint density at radius 3 is 2.40 bits per heavy atom. The average Bonchev–Trinajstić information content (AvgIpc) is 3.54. The van der Waals surface area contributed by atoms with Gasteiger partial charge in [0.25, 0.3) is 0 Å². The summed E-state index contributed by atoms with van der Waals surface area (Å²) in [6.07, 6.45) is 3.31. The average molecular weight is 542 g/mol. The number of aromatic nitrogens is 4. The van der Waals surface area contributed by atoms with E-state index in [2.05, 4.69) is 65.9 Å². The molecule has 9 heteroatoms. The van der Waals surface area contributed by atoms with Gasteiger partial charge in [-0.05, 0) is 70.6 Å². The Balaban J connectivity index is 1.35. The first-order valence-electron chi connectivity index (χ1n) is 14.0. The molecule has 1 fully saturated rings. The van der Waals surface area contributed by atoms with Gasteiger partial charge in [0.2, 0.25) is 5.95 Å². The number of benzene rings is 2. The minimum Gasteiger partial charge on any atom is -0.465 e. The molecule has 4 aromatic rings. The number of nitrogens with zero attached hydrogens (tertiary/aromatic N) is 5. The van der Waals surface area contributed by atoms with E-state index in [1.54, 1.807) is 4.90 Å². The van der Waals surface area contributed by atoms with Gasteiger partial charge in [-0.15, -0.1) is 0 Å². The lowest BCUT2D eigenvalue weighted by Gasteiger charge is -2.38. The number of rotatable bonds is 8. The van der Waals surface area contributed by atoms with Crippen LogP contribution in [0.4, 0.5) is 16.6 Å². The van der Waals surface area contributed by atoms with Gasteiger partial charge in [-0.25, -0.2) is 9.78 Å². The van der Waals surface area contributed by atoms with Gasteiger partial charge < -0.3 is 25.2 Å². The van der Waals surface area contributed by atoms with Crippen LogP contribution in [0.1, 0.15) is 65.5 Å². The van der Waals surface area contributed by atoms with E-state index in [-0.39, 0.29) is 18.1 Å². The fraction of sp³-hybridized carbons (Fsp3) is 0.419. The number of amides is 1. The number of imidazole rings is 1. The standard InChI is InChI=1S/C31H39N7O2/c1-20(2)37-19-33-26-27(32-18-21-11-13-23(14-12-21)22-9-7-6-8-10-22)35-29(36-28(26)37)34-24-15-16-25(17-24)38(30(39)40)31(3,4)5/h6-14,19-20,24-25H,15-18H2,1-5H3,(H,39,40)(H2,32,34,35,36)/t24-,25+/m0/s1. The fourth-order valence-corrected chi connectivity index (χ4v) is 5.61. The zero-order chi connectivity index (χ0) is 28.4. The van der Waals surface area contributed by atoms with Crippen molar-refractivity contribution in [3.05, 3.63) is 66.5 Å². The Bertz CT molecular complexity index is 1460. The molecule has 1 aliphatic carbocycles. The number of hydrogen-bond donors (Lipinski definition) is 3. The maximum atomic E-state index is 12.0. The van der Waals surface area contributed by atoms with Gasteiger partial charge in [-0.3, -0.25) is 0 Å². The lowest BCUT2D eigenvalue weighted by atomic mass is 10.0. The zero-order valence-electron chi connectivity index (χ0n) is 23.9.